The van der Waals surface area contributed by atoms with Gasteiger partial charge in [-0.05, 0) is 67.0 Å². The van der Waals surface area contributed by atoms with Crippen LogP contribution in [0.15, 0.2) is 36.4 Å². The highest BCUT2D eigenvalue weighted by Gasteiger charge is 2.28. The third kappa shape index (κ3) is 9.71. The Bertz CT molecular complexity index is 1180. The molecule has 0 spiro atoms. The Balaban J connectivity index is 0.00000108. The third-order valence-corrected chi connectivity index (χ3v) is 8.12. The van der Waals surface area contributed by atoms with Crippen molar-refractivity contribution in [2.75, 3.05) is 19.7 Å². The van der Waals surface area contributed by atoms with E-state index in [9.17, 15) is 14.0 Å². The van der Waals surface area contributed by atoms with E-state index in [2.05, 4.69) is 30.9 Å². The van der Waals surface area contributed by atoms with Gasteiger partial charge in [-0.15, -0.1) is 0 Å². The van der Waals surface area contributed by atoms with Crippen molar-refractivity contribution in [1.82, 2.24) is 9.80 Å². The molecule has 224 valence electrons. The molecular formula is C31H40ClFN2O6. The quantitative estimate of drug-likeness (QED) is 0.273. The zero-order valence-corrected chi connectivity index (χ0v) is 24.5. The molecule has 1 unspecified atom stereocenters. The number of aryl methyl sites for hydroxylation is 1. The second kappa shape index (κ2) is 15.7. The zero-order valence-electron chi connectivity index (χ0n) is 23.8. The number of nitrogens with zero attached hydrogens (tertiary/aromatic N) is 2. The second-order valence-electron chi connectivity index (χ2n) is 10.6. The summed E-state index contributed by atoms with van der Waals surface area (Å²) in [6.07, 6.45) is 5.94. The first kappa shape index (κ1) is 32.3. The van der Waals surface area contributed by atoms with Crippen molar-refractivity contribution in [2.45, 2.75) is 77.8 Å². The Morgan fingerprint density at radius 1 is 1.10 bits per heavy atom. The molecule has 0 radical (unpaired) electrons. The smallest absolute Gasteiger partial charge is 0.491 e. The van der Waals surface area contributed by atoms with Crippen molar-refractivity contribution >= 4 is 29.6 Å². The number of likely N-dealkylation sites (tertiary alicyclic amines) is 1. The van der Waals surface area contributed by atoms with E-state index in [-0.39, 0.29) is 41.8 Å². The summed E-state index contributed by atoms with van der Waals surface area (Å²) in [7, 11) is 0. The summed E-state index contributed by atoms with van der Waals surface area (Å²) in [6.45, 7) is 6.54. The molecule has 2 fully saturated rings. The normalized spacial score (nSPS) is 16.5. The highest BCUT2D eigenvalue weighted by Crippen LogP contribution is 2.31. The fraction of sp³-hybridized carbons (Fsp3) is 0.516. The summed E-state index contributed by atoms with van der Waals surface area (Å²) in [5.41, 5.74) is 3.21. The number of imide groups is 1. The highest BCUT2D eigenvalue weighted by molar-refractivity contribution is 6.30. The van der Waals surface area contributed by atoms with Crippen molar-refractivity contribution in [2.24, 2.45) is 5.92 Å². The lowest BCUT2D eigenvalue weighted by atomic mass is 9.88. The van der Waals surface area contributed by atoms with Crippen molar-refractivity contribution in [3.8, 4) is 5.75 Å². The van der Waals surface area contributed by atoms with Crippen LogP contribution in [0.25, 0.3) is 0 Å². The molecular weight excluding hydrogens is 551 g/mol. The summed E-state index contributed by atoms with van der Waals surface area (Å²) in [6, 6.07) is 11.4. The molecule has 1 aliphatic carbocycles. The molecule has 4 rings (SSSR count). The van der Waals surface area contributed by atoms with Gasteiger partial charge in [-0.1, -0.05) is 56.0 Å². The monoisotopic (exact) mass is 590 g/mol. The summed E-state index contributed by atoms with van der Waals surface area (Å²) >= 11 is 5.95. The van der Waals surface area contributed by atoms with Crippen LogP contribution >= 0.6 is 11.6 Å². The average Bonchev–Trinajstić information content (AvgIpc) is 3.27. The number of hydrogen-bond acceptors (Lipinski definition) is 5. The van der Waals surface area contributed by atoms with E-state index in [1.54, 1.807) is 12.1 Å². The lowest BCUT2D eigenvalue weighted by Crippen LogP contribution is -2.33. The van der Waals surface area contributed by atoms with E-state index in [4.69, 9.17) is 31.3 Å². The molecule has 0 aromatic heterocycles. The van der Waals surface area contributed by atoms with Gasteiger partial charge in [0.15, 0.2) is 0 Å². The lowest BCUT2D eigenvalue weighted by molar-refractivity contribution is -0.138. The maximum atomic E-state index is 14.3. The van der Waals surface area contributed by atoms with Crippen LogP contribution in [0.5, 0.6) is 5.75 Å². The number of carboxylic acid groups (broad SMARTS) is 2. The molecule has 8 nitrogen and oxygen atoms in total. The molecule has 1 saturated carbocycles. The number of ether oxygens (including phenoxy) is 1. The van der Waals surface area contributed by atoms with Crippen LogP contribution in [0.1, 0.15) is 81.5 Å². The highest BCUT2D eigenvalue weighted by atomic mass is 35.5. The predicted molar refractivity (Wildman–Crippen MR) is 155 cm³/mol. The van der Waals surface area contributed by atoms with Crippen LogP contribution in [0.3, 0.4) is 0 Å². The van der Waals surface area contributed by atoms with E-state index in [0.717, 1.165) is 36.4 Å². The van der Waals surface area contributed by atoms with Gasteiger partial charge in [0, 0.05) is 32.0 Å². The Morgan fingerprint density at radius 3 is 2.37 bits per heavy atom. The van der Waals surface area contributed by atoms with Crippen molar-refractivity contribution in [3.63, 3.8) is 0 Å². The third-order valence-electron chi connectivity index (χ3n) is 7.81. The van der Waals surface area contributed by atoms with Gasteiger partial charge < -0.3 is 14.9 Å². The Morgan fingerprint density at radius 2 is 1.76 bits per heavy atom. The van der Waals surface area contributed by atoms with Gasteiger partial charge in [0.2, 0.25) is 11.8 Å². The predicted octanol–water partition coefficient (Wildman–Crippen LogP) is 6.94. The maximum Gasteiger partial charge on any atom is 0.503 e. The van der Waals surface area contributed by atoms with Crippen LogP contribution in [0.4, 0.5) is 9.18 Å². The number of rotatable bonds is 11. The van der Waals surface area contributed by atoms with Gasteiger partial charge >= 0.3 is 6.16 Å². The van der Waals surface area contributed by atoms with E-state index in [0.29, 0.717) is 18.8 Å². The SMILES string of the molecule is CCc1cc(CN(CC2CCCCC2)C(C)c2ccc(Cl)c(F)c2)ccc1OCCN1C(=O)CCC1=O.O=C(O)O. The number of amides is 2. The minimum atomic E-state index is -1.83. The molecule has 1 saturated heterocycles. The molecule has 1 heterocycles. The first-order valence-corrected chi connectivity index (χ1v) is 14.7. The molecule has 2 aromatic carbocycles. The van der Waals surface area contributed by atoms with E-state index < -0.39 is 6.16 Å². The first-order valence-electron chi connectivity index (χ1n) is 14.3. The van der Waals surface area contributed by atoms with Gasteiger partial charge in [0.1, 0.15) is 18.2 Å². The summed E-state index contributed by atoms with van der Waals surface area (Å²) in [5, 5.41) is 14.1. The fourth-order valence-corrected chi connectivity index (χ4v) is 5.66. The molecule has 1 aliphatic heterocycles. The first-order chi connectivity index (χ1) is 19.6. The largest absolute Gasteiger partial charge is 0.503 e. The molecule has 2 aromatic rings. The molecule has 10 heteroatoms. The van der Waals surface area contributed by atoms with Crippen LogP contribution in [0, 0.1) is 11.7 Å². The minimum absolute atomic E-state index is 0.0465. The number of hydrogen-bond donors (Lipinski definition) is 2. The van der Waals surface area contributed by atoms with Gasteiger partial charge in [-0.25, -0.2) is 9.18 Å². The Hall–Kier alpha value is -3.17. The Labute approximate surface area is 246 Å². The molecule has 41 heavy (non-hydrogen) atoms. The Kier molecular flexibility index (Phi) is 12.4. The van der Waals surface area contributed by atoms with E-state index in [1.165, 1.54) is 42.6 Å². The van der Waals surface area contributed by atoms with Crippen LogP contribution in [0.2, 0.25) is 5.02 Å². The summed E-state index contributed by atoms with van der Waals surface area (Å²) in [4.78, 5) is 36.0. The molecule has 0 bridgehead atoms. The average molecular weight is 591 g/mol. The maximum absolute atomic E-state index is 14.3. The van der Waals surface area contributed by atoms with E-state index >= 15 is 0 Å². The van der Waals surface area contributed by atoms with Gasteiger partial charge in [0.05, 0.1) is 11.6 Å². The topological polar surface area (TPSA) is 107 Å². The lowest BCUT2D eigenvalue weighted by Gasteiger charge is -2.34. The van der Waals surface area contributed by atoms with E-state index in [1.807, 2.05) is 12.1 Å². The molecule has 1 atom stereocenters. The zero-order chi connectivity index (χ0) is 29.9. The van der Waals surface area contributed by atoms with Crippen LogP contribution in [-0.4, -0.2) is 57.7 Å². The van der Waals surface area contributed by atoms with Gasteiger partial charge in [-0.3, -0.25) is 19.4 Å². The molecule has 2 aliphatic rings. The number of benzene rings is 2. The molecule has 2 amide bonds. The number of halogens is 2. The fourth-order valence-electron chi connectivity index (χ4n) is 5.55. The molecule has 2 N–H and O–H groups in total. The number of carbonyl (C=O) groups excluding carboxylic acids is 2. The second-order valence-corrected chi connectivity index (χ2v) is 11.1. The van der Waals surface area contributed by atoms with Crippen molar-refractivity contribution < 1.29 is 33.7 Å². The summed E-state index contributed by atoms with van der Waals surface area (Å²) < 4.78 is 20.3. The van der Waals surface area contributed by atoms with Crippen molar-refractivity contribution in [1.29, 1.82) is 0 Å². The van der Waals surface area contributed by atoms with Crippen LogP contribution < -0.4 is 4.74 Å². The standard InChI is InChI=1S/C30H38ClFN2O3.CH2O3/c1-3-24-17-23(9-12-28(24)37-16-15-34-29(35)13-14-30(34)36)20-33(19-22-7-5-4-6-8-22)21(2)25-10-11-26(31)27(32)18-25;2-1(3)4/h9-12,17-18,21-22H,3-8,13-16,19-20H2,1-2H3;(H2,2,3,4). The van der Waals surface area contributed by atoms with Crippen molar-refractivity contribution in [3.05, 3.63) is 63.9 Å². The summed E-state index contributed by atoms with van der Waals surface area (Å²) in [5.74, 6) is 0.824. The van der Waals surface area contributed by atoms with Gasteiger partial charge in [-0.2, -0.15) is 0 Å². The number of carbonyl (C=O) groups is 3. The van der Waals surface area contributed by atoms with Crippen LogP contribution in [-0.2, 0) is 22.6 Å². The minimum Gasteiger partial charge on any atom is -0.491 e. The van der Waals surface area contributed by atoms with Gasteiger partial charge in [0.25, 0.3) is 0 Å².